The van der Waals surface area contributed by atoms with Gasteiger partial charge in [0.15, 0.2) is 16.6 Å². The third-order valence-electron chi connectivity index (χ3n) is 4.53. The number of hydrazone groups is 1. The van der Waals surface area contributed by atoms with Crippen LogP contribution in [-0.4, -0.2) is 36.5 Å². The molecule has 0 unspecified atom stereocenters. The summed E-state index contributed by atoms with van der Waals surface area (Å²) in [5, 5.41) is 19.0. The molecular formula is C17H24N4O4S. The Labute approximate surface area is 158 Å². The van der Waals surface area contributed by atoms with Crippen molar-refractivity contribution in [2.75, 3.05) is 14.2 Å². The fourth-order valence-electron chi connectivity index (χ4n) is 3.04. The summed E-state index contributed by atoms with van der Waals surface area (Å²) in [4.78, 5) is 10.8. The molecule has 2 rings (SSSR count). The van der Waals surface area contributed by atoms with Gasteiger partial charge in [0, 0.05) is 6.04 Å². The number of hydrogen-bond acceptors (Lipinski definition) is 6. The zero-order valence-electron chi connectivity index (χ0n) is 15.2. The zero-order valence-corrected chi connectivity index (χ0v) is 16.0. The van der Waals surface area contributed by atoms with Gasteiger partial charge in [0.25, 0.3) is 5.69 Å². The summed E-state index contributed by atoms with van der Waals surface area (Å²) in [6.07, 6.45) is 6.04. The second kappa shape index (κ2) is 9.33. The summed E-state index contributed by atoms with van der Waals surface area (Å²) in [6.45, 7) is 2.20. The van der Waals surface area contributed by atoms with Crippen LogP contribution < -0.4 is 20.2 Å². The molecule has 0 bridgehead atoms. The number of rotatable bonds is 6. The first-order valence-electron chi connectivity index (χ1n) is 8.46. The van der Waals surface area contributed by atoms with E-state index in [-0.39, 0.29) is 17.0 Å². The number of hydrogen-bond donors (Lipinski definition) is 2. The van der Waals surface area contributed by atoms with Crippen molar-refractivity contribution in [1.82, 2.24) is 10.7 Å². The Morgan fingerprint density at radius 2 is 1.96 bits per heavy atom. The third kappa shape index (κ3) is 5.04. The van der Waals surface area contributed by atoms with Crippen LogP contribution in [0.4, 0.5) is 5.69 Å². The van der Waals surface area contributed by atoms with Crippen LogP contribution in [0, 0.1) is 16.0 Å². The van der Waals surface area contributed by atoms with Gasteiger partial charge in [-0.2, -0.15) is 5.10 Å². The lowest BCUT2D eigenvalue weighted by molar-refractivity contribution is -0.385. The van der Waals surface area contributed by atoms with Crippen LogP contribution >= 0.6 is 12.2 Å². The molecule has 0 spiro atoms. The number of methoxy groups -OCH3 is 2. The number of benzene rings is 1. The molecule has 9 heteroatoms. The number of thiocarbonyl (C=S) groups is 1. The first-order valence-corrected chi connectivity index (χ1v) is 8.87. The molecule has 1 aromatic carbocycles. The maximum Gasteiger partial charge on any atom is 0.282 e. The van der Waals surface area contributed by atoms with Crippen molar-refractivity contribution < 1.29 is 14.4 Å². The van der Waals surface area contributed by atoms with Crippen LogP contribution in [0.15, 0.2) is 17.2 Å². The molecule has 2 N–H and O–H groups in total. The third-order valence-corrected chi connectivity index (χ3v) is 4.74. The summed E-state index contributed by atoms with van der Waals surface area (Å²) in [6, 6.07) is 3.14. The molecule has 1 saturated carbocycles. The maximum absolute atomic E-state index is 11.3. The second-order valence-corrected chi connectivity index (χ2v) is 6.64. The fraction of sp³-hybridized carbons (Fsp3) is 0.529. The van der Waals surface area contributed by atoms with E-state index in [0.29, 0.717) is 22.8 Å². The van der Waals surface area contributed by atoms with Gasteiger partial charge in [-0.15, -0.1) is 0 Å². The lowest BCUT2D eigenvalue weighted by Crippen LogP contribution is -2.44. The van der Waals surface area contributed by atoms with E-state index in [1.165, 1.54) is 51.8 Å². The minimum atomic E-state index is -0.496. The van der Waals surface area contributed by atoms with Gasteiger partial charge in [-0.3, -0.25) is 15.5 Å². The molecule has 0 amide bonds. The molecule has 142 valence electrons. The minimum Gasteiger partial charge on any atom is -0.493 e. The summed E-state index contributed by atoms with van der Waals surface area (Å²) in [5.41, 5.74) is 2.88. The molecule has 1 fully saturated rings. The van der Waals surface area contributed by atoms with E-state index >= 15 is 0 Å². The van der Waals surface area contributed by atoms with Crippen LogP contribution in [0.1, 0.15) is 38.2 Å². The minimum absolute atomic E-state index is 0.131. The maximum atomic E-state index is 11.3. The summed E-state index contributed by atoms with van der Waals surface area (Å²) >= 11 is 5.26. The van der Waals surface area contributed by atoms with Crippen LogP contribution in [-0.2, 0) is 0 Å². The van der Waals surface area contributed by atoms with Gasteiger partial charge in [0.2, 0.25) is 0 Å². The van der Waals surface area contributed by atoms with Crippen molar-refractivity contribution in [3.8, 4) is 11.5 Å². The molecular weight excluding hydrogens is 356 g/mol. The molecule has 1 aromatic rings. The van der Waals surface area contributed by atoms with Crippen molar-refractivity contribution in [2.45, 2.75) is 38.6 Å². The van der Waals surface area contributed by atoms with Gasteiger partial charge < -0.3 is 14.8 Å². The molecule has 2 atom stereocenters. The first-order chi connectivity index (χ1) is 12.5. The number of nitrogens with one attached hydrogen (secondary N) is 2. The molecule has 0 saturated heterocycles. The highest BCUT2D eigenvalue weighted by Crippen LogP contribution is 2.33. The van der Waals surface area contributed by atoms with E-state index in [4.69, 9.17) is 21.7 Å². The van der Waals surface area contributed by atoms with Gasteiger partial charge in [0.1, 0.15) is 0 Å². The van der Waals surface area contributed by atoms with E-state index in [0.717, 1.165) is 6.42 Å². The predicted octanol–water partition coefficient (Wildman–Crippen LogP) is 2.99. The summed E-state index contributed by atoms with van der Waals surface area (Å²) < 4.78 is 10.3. The van der Waals surface area contributed by atoms with E-state index < -0.39 is 4.92 Å². The first kappa shape index (κ1) is 19.9. The van der Waals surface area contributed by atoms with Crippen molar-refractivity contribution in [1.29, 1.82) is 0 Å². The number of nitro benzene ring substituents is 1. The quantitative estimate of drug-likeness (QED) is 0.339. The molecule has 0 aromatic heterocycles. The molecule has 1 aliphatic rings. The SMILES string of the molecule is COc1cc(/C=N\NC(=S)N[C@@H]2CCCC[C@H]2C)c([N+](=O)[O-])cc1OC. The Kier molecular flexibility index (Phi) is 7.14. The standard InChI is InChI=1S/C17H24N4O4S/c1-11-6-4-5-7-13(11)19-17(26)20-18-10-12-8-15(24-2)16(25-3)9-14(12)21(22)23/h8-11,13H,4-7H2,1-3H3,(H2,19,20,26)/b18-10-/t11-,13-/m1/s1. The Bertz CT molecular complexity index is 696. The Hall–Kier alpha value is -2.42. The van der Waals surface area contributed by atoms with Gasteiger partial charge in [0.05, 0.1) is 37.0 Å². The predicted molar refractivity (Wildman–Crippen MR) is 104 cm³/mol. The van der Waals surface area contributed by atoms with Crippen molar-refractivity contribution >= 4 is 29.2 Å². The Morgan fingerprint density at radius 1 is 1.31 bits per heavy atom. The highest BCUT2D eigenvalue weighted by atomic mass is 32.1. The van der Waals surface area contributed by atoms with E-state index in [1.807, 2.05) is 0 Å². The number of nitrogens with zero attached hydrogens (tertiary/aromatic N) is 2. The highest BCUT2D eigenvalue weighted by Gasteiger charge is 2.22. The van der Waals surface area contributed by atoms with Crippen LogP contribution in [0.5, 0.6) is 11.5 Å². The summed E-state index contributed by atoms with van der Waals surface area (Å²) in [5.74, 6) is 1.23. The van der Waals surface area contributed by atoms with Crippen LogP contribution in [0.2, 0.25) is 0 Å². The zero-order chi connectivity index (χ0) is 19.1. The normalized spacial score (nSPS) is 19.8. The van der Waals surface area contributed by atoms with Gasteiger partial charge in [-0.1, -0.05) is 19.8 Å². The highest BCUT2D eigenvalue weighted by molar-refractivity contribution is 7.80. The van der Waals surface area contributed by atoms with Crippen LogP contribution in [0.3, 0.4) is 0 Å². The molecule has 0 aliphatic heterocycles. The lowest BCUT2D eigenvalue weighted by Gasteiger charge is -2.30. The second-order valence-electron chi connectivity index (χ2n) is 6.23. The Balaban J connectivity index is 2.06. The molecule has 26 heavy (non-hydrogen) atoms. The largest absolute Gasteiger partial charge is 0.493 e. The van der Waals surface area contributed by atoms with Crippen molar-refractivity contribution in [3.63, 3.8) is 0 Å². The number of ether oxygens (including phenoxy) is 2. The van der Waals surface area contributed by atoms with Gasteiger partial charge in [-0.25, -0.2) is 0 Å². The molecule has 0 radical (unpaired) electrons. The van der Waals surface area contributed by atoms with Crippen molar-refractivity contribution in [2.24, 2.45) is 11.0 Å². The average Bonchev–Trinajstić information content (AvgIpc) is 2.62. The lowest BCUT2D eigenvalue weighted by atomic mass is 9.86. The Morgan fingerprint density at radius 3 is 2.58 bits per heavy atom. The van der Waals surface area contributed by atoms with E-state index in [1.54, 1.807) is 0 Å². The summed E-state index contributed by atoms with van der Waals surface area (Å²) in [7, 11) is 2.89. The van der Waals surface area contributed by atoms with Gasteiger partial charge >= 0.3 is 0 Å². The van der Waals surface area contributed by atoms with E-state index in [9.17, 15) is 10.1 Å². The molecule has 1 aliphatic carbocycles. The van der Waals surface area contributed by atoms with E-state index in [2.05, 4.69) is 22.8 Å². The topological polar surface area (TPSA) is 98.0 Å². The molecule has 8 nitrogen and oxygen atoms in total. The molecule has 0 heterocycles. The smallest absolute Gasteiger partial charge is 0.282 e. The van der Waals surface area contributed by atoms with Crippen LogP contribution in [0.25, 0.3) is 0 Å². The van der Waals surface area contributed by atoms with Gasteiger partial charge in [-0.05, 0) is 37.0 Å². The number of nitro groups is 1. The monoisotopic (exact) mass is 380 g/mol. The average molecular weight is 380 g/mol. The fourth-order valence-corrected chi connectivity index (χ4v) is 3.24. The van der Waals surface area contributed by atoms with Crippen molar-refractivity contribution in [3.05, 3.63) is 27.8 Å².